The Morgan fingerprint density at radius 2 is 1.67 bits per heavy atom. The Labute approximate surface area is 122 Å². The summed E-state index contributed by atoms with van der Waals surface area (Å²) in [5.41, 5.74) is 0.506. The fraction of sp³-hybridized carbons (Fsp3) is 0.562. The predicted molar refractivity (Wildman–Crippen MR) is 73.5 cm³/mol. The highest BCUT2D eigenvalue weighted by Crippen LogP contribution is 2.34. The van der Waals surface area contributed by atoms with E-state index >= 15 is 0 Å². The van der Waals surface area contributed by atoms with E-state index in [1.165, 1.54) is 12.1 Å². The second kappa shape index (κ2) is 6.10. The van der Waals surface area contributed by atoms with Gasteiger partial charge in [-0.1, -0.05) is 0 Å². The third-order valence-corrected chi connectivity index (χ3v) is 4.54. The van der Waals surface area contributed by atoms with Gasteiger partial charge in [-0.05, 0) is 49.3 Å². The number of amides is 1. The molecule has 2 heterocycles. The molecule has 1 amide bonds. The van der Waals surface area contributed by atoms with Gasteiger partial charge in [0.1, 0.15) is 11.6 Å². The van der Waals surface area contributed by atoms with E-state index in [1.54, 1.807) is 0 Å². The van der Waals surface area contributed by atoms with Gasteiger partial charge in [-0.3, -0.25) is 4.79 Å². The molecular weight excluding hydrogens is 276 g/mol. The number of carbonyl (C=O) groups is 1. The van der Waals surface area contributed by atoms with Crippen molar-refractivity contribution in [1.29, 1.82) is 0 Å². The second-order valence-corrected chi connectivity index (χ2v) is 5.90. The Kier molecular flexibility index (Phi) is 4.19. The molecule has 1 aromatic rings. The highest BCUT2D eigenvalue weighted by molar-refractivity contribution is 5.80. The molecule has 0 radical (unpaired) electrons. The molecule has 3 nitrogen and oxygen atoms in total. The number of hydrogen-bond donors (Lipinski definition) is 1. The molecule has 2 unspecified atom stereocenters. The standard InChI is InChI=1S/C16H19F2NO2/c17-12-7-11(8-13(18)9-12)15-2-1-14(16(20)19-15)10-3-5-21-6-4-10/h7-10,14-15H,1-6H2,(H,19,20). The quantitative estimate of drug-likeness (QED) is 0.911. The minimum absolute atomic E-state index is 0.00261. The van der Waals surface area contributed by atoms with Crippen molar-refractivity contribution in [3.8, 4) is 0 Å². The van der Waals surface area contributed by atoms with Crippen LogP contribution in [0.1, 0.15) is 37.3 Å². The fourth-order valence-electron chi connectivity index (χ4n) is 3.42. The summed E-state index contributed by atoms with van der Waals surface area (Å²) in [6.45, 7) is 1.43. The van der Waals surface area contributed by atoms with E-state index < -0.39 is 11.6 Å². The van der Waals surface area contributed by atoms with Crippen molar-refractivity contribution >= 4 is 5.91 Å². The first-order valence-corrected chi connectivity index (χ1v) is 7.47. The summed E-state index contributed by atoms with van der Waals surface area (Å²) < 4.78 is 31.9. The Balaban J connectivity index is 1.68. The van der Waals surface area contributed by atoms with E-state index in [0.717, 1.165) is 31.7 Å². The fourth-order valence-corrected chi connectivity index (χ4v) is 3.42. The van der Waals surface area contributed by atoms with E-state index in [0.29, 0.717) is 24.7 Å². The van der Waals surface area contributed by atoms with E-state index in [9.17, 15) is 13.6 Å². The van der Waals surface area contributed by atoms with Crippen molar-refractivity contribution in [3.63, 3.8) is 0 Å². The van der Waals surface area contributed by atoms with Crippen LogP contribution in [0.25, 0.3) is 0 Å². The topological polar surface area (TPSA) is 38.3 Å². The SMILES string of the molecule is O=C1NC(c2cc(F)cc(F)c2)CCC1C1CCOCC1. The molecule has 21 heavy (non-hydrogen) atoms. The summed E-state index contributed by atoms with van der Waals surface area (Å²) in [6, 6.07) is 3.14. The maximum absolute atomic E-state index is 13.3. The van der Waals surface area contributed by atoms with Gasteiger partial charge in [0.15, 0.2) is 0 Å². The van der Waals surface area contributed by atoms with Crippen LogP contribution in [-0.2, 0) is 9.53 Å². The van der Waals surface area contributed by atoms with E-state index in [4.69, 9.17) is 4.74 Å². The molecule has 2 fully saturated rings. The molecule has 1 aromatic carbocycles. The average molecular weight is 295 g/mol. The number of ether oxygens (including phenoxy) is 1. The van der Waals surface area contributed by atoms with E-state index in [1.807, 2.05) is 0 Å². The molecule has 0 spiro atoms. The van der Waals surface area contributed by atoms with Crippen LogP contribution in [0, 0.1) is 23.5 Å². The van der Waals surface area contributed by atoms with Crippen LogP contribution in [0.5, 0.6) is 0 Å². The first kappa shape index (κ1) is 14.4. The molecule has 114 valence electrons. The molecule has 5 heteroatoms. The number of carbonyl (C=O) groups excluding carboxylic acids is 1. The number of benzene rings is 1. The van der Waals surface area contributed by atoms with Crippen LogP contribution in [0.4, 0.5) is 8.78 Å². The van der Waals surface area contributed by atoms with E-state index in [2.05, 4.69) is 5.32 Å². The van der Waals surface area contributed by atoms with Crippen molar-refractivity contribution in [1.82, 2.24) is 5.32 Å². The van der Waals surface area contributed by atoms with Crippen LogP contribution in [0.3, 0.4) is 0 Å². The Morgan fingerprint density at radius 3 is 2.29 bits per heavy atom. The predicted octanol–water partition coefficient (Wildman–Crippen LogP) is 2.96. The van der Waals surface area contributed by atoms with Gasteiger partial charge in [-0.2, -0.15) is 0 Å². The maximum Gasteiger partial charge on any atom is 0.223 e. The van der Waals surface area contributed by atoms with Gasteiger partial charge < -0.3 is 10.1 Å². The lowest BCUT2D eigenvalue weighted by atomic mass is 9.78. The first-order valence-electron chi connectivity index (χ1n) is 7.47. The summed E-state index contributed by atoms with van der Waals surface area (Å²) >= 11 is 0. The number of rotatable bonds is 2. The zero-order valence-electron chi connectivity index (χ0n) is 11.8. The van der Waals surface area contributed by atoms with Gasteiger partial charge in [0.05, 0.1) is 6.04 Å². The summed E-state index contributed by atoms with van der Waals surface area (Å²) in [4.78, 5) is 12.3. The Bertz CT molecular complexity index is 509. The molecule has 0 aromatic heterocycles. The van der Waals surface area contributed by atoms with Gasteiger partial charge in [0.2, 0.25) is 5.91 Å². The maximum atomic E-state index is 13.3. The number of halogens is 2. The van der Waals surface area contributed by atoms with Crippen molar-refractivity contribution in [2.24, 2.45) is 11.8 Å². The summed E-state index contributed by atoms with van der Waals surface area (Å²) in [7, 11) is 0. The third kappa shape index (κ3) is 3.23. The molecule has 2 aliphatic rings. The number of piperidine rings is 1. The minimum Gasteiger partial charge on any atom is -0.381 e. The number of hydrogen-bond acceptors (Lipinski definition) is 2. The van der Waals surface area contributed by atoms with Crippen LogP contribution in [0.15, 0.2) is 18.2 Å². The molecule has 1 N–H and O–H groups in total. The van der Waals surface area contributed by atoms with Crippen LogP contribution in [-0.4, -0.2) is 19.1 Å². The highest BCUT2D eigenvalue weighted by atomic mass is 19.1. The third-order valence-electron chi connectivity index (χ3n) is 4.54. The summed E-state index contributed by atoms with van der Waals surface area (Å²) in [5, 5.41) is 2.92. The van der Waals surface area contributed by atoms with Crippen molar-refractivity contribution in [2.45, 2.75) is 31.7 Å². The first-order chi connectivity index (χ1) is 10.1. The van der Waals surface area contributed by atoms with Crippen LogP contribution >= 0.6 is 0 Å². The molecule has 2 atom stereocenters. The molecule has 0 saturated carbocycles. The number of nitrogens with one attached hydrogen (secondary N) is 1. The lowest BCUT2D eigenvalue weighted by Crippen LogP contribution is -2.43. The highest BCUT2D eigenvalue weighted by Gasteiger charge is 2.35. The average Bonchev–Trinajstić information content (AvgIpc) is 2.47. The van der Waals surface area contributed by atoms with Gasteiger partial charge >= 0.3 is 0 Å². The molecular formula is C16H19F2NO2. The zero-order chi connectivity index (χ0) is 14.8. The van der Waals surface area contributed by atoms with Gasteiger partial charge in [-0.25, -0.2) is 8.78 Å². The minimum atomic E-state index is -0.606. The van der Waals surface area contributed by atoms with Crippen LogP contribution in [0.2, 0.25) is 0 Å². The van der Waals surface area contributed by atoms with Gasteiger partial charge in [-0.15, -0.1) is 0 Å². The summed E-state index contributed by atoms with van der Waals surface area (Å²) in [6.07, 6.45) is 3.31. The molecule has 3 rings (SSSR count). The molecule has 2 saturated heterocycles. The largest absolute Gasteiger partial charge is 0.381 e. The molecule has 0 bridgehead atoms. The lowest BCUT2D eigenvalue weighted by Gasteiger charge is -2.35. The monoisotopic (exact) mass is 295 g/mol. The van der Waals surface area contributed by atoms with Crippen molar-refractivity contribution in [3.05, 3.63) is 35.4 Å². The van der Waals surface area contributed by atoms with E-state index in [-0.39, 0.29) is 17.9 Å². The zero-order valence-corrected chi connectivity index (χ0v) is 11.8. The molecule has 0 aliphatic carbocycles. The second-order valence-electron chi connectivity index (χ2n) is 5.90. The lowest BCUT2D eigenvalue weighted by molar-refractivity contribution is -0.131. The van der Waals surface area contributed by atoms with Crippen molar-refractivity contribution in [2.75, 3.05) is 13.2 Å². The van der Waals surface area contributed by atoms with Crippen molar-refractivity contribution < 1.29 is 18.3 Å². The van der Waals surface area contributed by atoms with Gasteiger partial charge in [0, 0.05) is 25.2 Å². The van der Waals surface area contributed by atoms with Gasteiger partial charge in [0.25, 0.3) is 0 Å². The molecule has 2 aliphatic heterocycles. The summed E-state index contributed by atoms with van der Waals surface area (Å²) in [5.74, 6) is -0.841. The van der Waals surface area contributed by atoms with Crippen LogP contribution < -0.4 is 5.32 Å². The smallest absolute Gasteiger partial charge is 0.223 e. The normalized spacial score (nSPS) is 27.4. The Hall–Kier alpha value is -1.49. The Morgan fingerprint density at radius 1 is 1.00 bits per heavy atom.